The fourth-order valence-corrected chi connectivity index (χ4v) is 1.23. The standard InChI is InChI=1S/C10H18N4O3/c1-5(12)8(6(2)13)9(15)14-7(4-11)10(16)17-3/h7,12H,4,11,13H2,1-3H3,(H,14,15)/b8-6+,12-5?/t7-/m0/s1. The first kappa shape index (κ1) is 15.1. The number of hydrogen-bond donors (Lipinski definition) is 4. The summed E-state index contributed by atoms with van der Waals surface area (Å²) >= 11 is 0. The molecule has 1 atom stereocenters. The van der Waals surface area contributed by atoms with Gasteiger partial charge in [0.15, 0.2) is 0 Å². The van der Waals surface area contributed by atoms with Crippen LogP contribution in [0.4, 0.5) is 0 Å². The van der Waals surface area contributed by atoms with E-state index in [1.165, 1.54) is 21.0 Å². The smallest absolute Gasteiger partial charge is 0.329 e. The van der Waals surface area contributed by atoms with Gasteiger partial charge in [-0.15, -0.1) is 0 Å². The number of hydrogen-bond acceptors (Lipinski definition) is 6. The van der Waals surface area contributed by atoms with Crippen LogP contribution in [0.15, 0.2) is 11.3 Å². The van der Waals surface area contributed by atoms with Crippen molar-refractivity contribution in [2.24, 2.45) is 11.5 Å². The molecule has 0 rings (SSSR count). The zero-order valence-corrected chi connectivity index (χ0v) is 10.2. The maximum absolute atomic E-state index is 11.8. The van der Waals surface area contributed by atoms with E-state index in [0.717, 1.165) is 0 Å². The zero-order valence-electron chi connectivity index (χ0n) is 10.2. The second kappa shape index (κ2) is 6.64. The number of allylic oxidation sites excluding steroid dienone is 1. The molecule has 0 unspecified atom stereocenters. The van der Waals surface area contributed by atoms with Crippen molar-refractivity contribution in [1.82, 2.24) is 5.32 Å². The minimum Gasteiger partial charge on any atom is -0.467 e. The Morgan fingerprint density at radius 2 is 1.94 bits per heavy atom. The number of esters is 1. The van der Waals surface area contributed by atoms with Crippen LogP contribution in [0.1, 0.15) is 13.8 Å². The lowest BCUT2D eigenvalue weighted by Crippen LogP contribution is -2.47. The van der Waals surface area contributed by atoms with E-state index in [4.69, 9.17) is 16.9 Å². The summed E-state index contributed by atoms with van der Waals surface area (Å²) in [5.41, 5.74) is 11.1. The minimum absolute atomic E-state index is 0.0168. The van der Waals surface area contributed by atoms with Gasteiger partial charge >= 0.3 is 5.97 Å². The Hall–Kier alpha value is -1.89. The lowest BCUT2D eigenvalue weighted by Gasteiger charge is -2.16. The monoisotopic (exact) mass is 242 g/mol. The number of ether oxygens (including phenoxy) is 1. The van der Waals surface area contributed by atoms with Crippen molar-refractivity contribution >= 4 is 17.6 Å². The number of methoxy groups -OCH3 is 1. The molecule has 0 aliphatic carbocycles. The van der Waals surface area contributed by atoms with Crippen LogP contribution < -0.4 is 16.8 Å². The normalized spacial score (nSPS) is 13.4. The first-order valence-electron chi connectivity index (χ1n) is 4.95. The molecule has 0 spiro atoms. The van der Waals surface area contributed by atoms with Crippen LogP contribution in [0, 0.1) is 5.41 Å². The van der Waals surface area contributed by atoms with Gasteiger partial charge in [-0.1, -0.05) is 0 Å². The highest BCUT2D eigenvalue weighted by Crippen LogP contribution is 2.02. The molecule has 0 aromatic rings. The fraction of sp³-hybridized carbons (Fsp3) is 0.500. The molecule has 0 fully saturated rings. The van der Waals surface area contributed by atoms with E-state index >= 15 is 0 Å². The molecule has 0 aromatic carbocycles. The largest absolute Gasteiger partial charge is 0.467 e. The number of nitrogens with two attached hydrogens (primary N) is 2. The molecule has 0 aromatic heterocycles. The van der Waals surface area contributed by atoms with Crippen molar-refractivity contribution in [3.63, 3.8) is 0 Å². The highest BCUT2D eigenvalue weighted by atomic mass is 16.5. The summed E-state index contributed by atoms with van der Waals surface area (Å²) in [5, 5.41) is 9.78. The molecule has 0 heterocycles. The van der Waals surface area contributed by atoms with Crippen LogP contribution in [-0.4, -0.2) is 37.3 Å². The van der Waals surface area contributed by atoms with Crippen molar-refractivity contribution in [3.8, 4) is 0 Å². The minimum atomic E-state index is -0.943. The fourth-order valence-electron chi connectivity index (χ4n) is 1.23. The number of nitrogens with one attached hydrogen (secondary N) is 2. The van der Waals surface area contributed by atoms with E-state index in [1.807, 2.05) is 0 Å². The molecule has 7 heteroatoms. The number of carbonyl (C=O) groups excluding carboxylic acids is 2. The Labute approximate surface area is 99.7 Å². The number of carbonyl (C=O) groups is 2. The van der Waals surface area contributed by atoms with Gasteiger partial charge in [0.05, 0.1) is 12.7 Å². The van der Waals surface area contributed by atoms with E-state index in [1.54, 1.807) is 0 Å². The van der Waals surface area contributed by atoms with Gasteiger partial charge in [-0.3, -0.25) is 4.79 Å². The maximum atomic E-state index is 11.8. The van der Waals surface area contributed by atoms with Gasteiger partial charge in [-0.25, -0.2) is 4.79 Å². The molecular formula is C10H18N4O3. The van der Waals surface area contributed by atoms with Gasteiger partial charge in [0.2, 0.25) is 0 Å². The lowest BCUT2D eigenvalue weighted by atomic mass is 10.1. The third-order valence-electron chi connectivity index (χ3n) is 2.02. The molecule has 0 saturated carbocycles. The molecule has 0 aliphatic heterocycles. The Balaban J connectivity index is 4.90. The van der Waals surface area contributed by atoms with Crippen LogP contribution >= 0.6 is 0 Å². The van der Waals surface area contributed by atoms with Crippen LogP contribution in [-0.2, 0) is 14.3 Å². The summed E-state index contributed by atoms with van der Waals surface area (Å²) in [5.74, 6) is -1.25. The van der Waals surface area contributed by atoms with Crippen LogP contribution in [0.5, 0.6) is 0 Å². The number of amides is 1. The molecule has 17 heavy (non-hydrogen) atoms. The van der Waals surface area contributed by atoms with Gasteiger partial charge in [0, 0.05) is 18.0 Å². The summed E-state index contributed by atoms with van der Waals surface area (Å²) in [7, 11) is 1.20. The van der Waals surface area contributed by atoms with Crippen molar-refractivity contribution < 1.29 is 14.3 Å². The quantitative estimate of drug-likeness (QED) is 0.275. The highest BCUT2D eigenvalue weighted by molar-refractivity contribution is 6.20. The van der Waals surface area contributed by atoms with Crippen molar-refractivity contribution in [1.29, 1.82) is 5.41 Å². The van der Waals surface area contributed by atoms with Gasteiger partial charge in [-0.05, 0) is 13.8 Å². The predicted molar refractivity (Wildman–Crippen MR) is 63.3 cm³/mol. The molecule has 1 amide bonds. The lowest BCUT2D eigenvalue weighted by molar-refractivity contribution is -0.144. The van der Waals surface area contributed by atoms with Gasteiger partial charge < -0.3 is 26.9 Å². The van der Waals surface area contributed by atoms with E-state index < -0.39 is 17.9 Å². The Morgan fingerprint density at radius 1 is 1.41 bits per heavy atom. The van der Waals surface area contributed by atoms with E-state index in [0.29, 0.717) is 0 Å². The first-order valence-corrected chi connectivity index (χ1v) is 4.95. The molecule has 7 nitrogen and oxygen atoms in total. The predicted octanol–water partition coefficient (Wildman–Crippen LogP) is -1.12. The van der Waals surface area contributed by atoms with E-state index in [-0.39, 0.29) is 23.5 Å². The van der Waals surface area contributed by atoms with Crippen molar-refractivity contribution in [2.75, 3.05) is 13.7 Å². The highest BCUT2D eigenvalue weighted by Gasteiger charge is 2.23. The molecule has 0 aliphatic rings. The van der Waals surface area contributed by atoms with E-state index in [9.17, 15) is 9.59 Å². The van der Waals surface area contributed by atoms with E-state index in [2.05, 4.69) is 10.1 Å². The number of rotatable bonds is 5. The summed E-state index contributed by atoms with van der Waals surface area (Å²) in [6, 6.07) is -0.943. The average molecular weight is 242 g/mol. The Kier molecular flexibility index (Phi) is 5.90. The topological polar surface area (TPSA) is 131 Å². The summed E-state index contributed by atoms with van der Waals surface area (Å²) in [4.78, 5) is 23.0. The summed E-state index contributed by atoms with van der Waals surface area (Å²) in [6.07, 6.45) is 0. The summed E-state index contributed by atoms with van der Waals surface area (Å²) in [6.45, 7) is 2.84. The Morgan fingerprint density at radius 3 is 2.24 bits per heavy atom. The zero-order chi connectivity index (χ0) is 13.6. The van der Waals surface area contributed by atoms with Crippen LogP contribution in [0.3, 0.4) is 0 Å². The Bertz CT molecular complexity index is 359. The molecule has 96 valence electrons. The van der Waals surface area contributed by atoms with Crippen molar-refractivity contribution in [2.45, 2.75) is 19.9 Å². The SMILES string of the molecule is COC(=O)[C@H](CN)NC(=O)/C(C(C)=N)=C(\C)N. The third kappa shape index (κ3) is 4.23. The second-order valence-electron chi connectivity index (χ2n) is 3.47. The second-order valence-corrected chi connectivity index (χ2v) is 3.47. The molecule has 0 bridgehead atoms. The molecule has 0 saturated heterocycles. The van der Waals surface area contributed by atoms with Crippen LogP contribution in [0.25, 0.3) is 0 Å². The first-order chi connectivity index (χ1) is 7.84. The maximum Gasteiger partial charge on any atom is 0.329 e. The molecule has 0 radical (unpaired) electrons. The van der Waals surface area contributed by atoms with Gasteiger partial charge in [0.1, 0.15) is 6.04 Å². The van der Waals surface area contributed by atoms with Crippen molar-refractivity contribution in [3.05, 3.63) is 11.3 Å². The average Bonchev–Trinajstić information content (AvgIpc) is 2.23. The molecule has 6 N–H and O–H groups in total. The third-order valence-corrected chi connectivity index (χ3v) is 2.02. The van der Waals surface area contributed by atoms with Gasteiger partial charge in [-0.2, -0.15) is 0 Å². The van der Waals surface area contributed by atoms with Crippen LogP contribution in [0.2, 0.25) is 0 Å². The molecular weight excluding hydrogens is 224 g/mol. The van der Waals surface area contributed by atoms with Gasteiger partial charge in [0.25, 0.3) is 5.91 Å². The summed E-state index contributed by atoms with van der Waals surface area (Å²) < 4.78 is 4.47.